The van der Waals surface area contributed by atoms with Crippen molar-refractivity contribution in [1.82, 2.24) is 0 Å². The molecule has 0 saturated heterocycles. The third-order valence-corrected chi connectivity index (χ3v) is 1.71. The molecule has 0 spiro atoms. The molecule has 0 aromatic rings. The van der Waals surface area contributed by atoms with Crippen LogP contribution in [0.4, 0.5) is 0 Å². The smallest absolute Gasteiger partial charge is 0.348 e. The summed E-state index contributed by atoms with van der Waals surface area (Å²) >= 11 is 0. The van der Waals surface area contributed by atoms with E-state index in [-0.39, 0.29) is 0 Å². The van der Waals surface area contributed by atoms with Crippen molar-refractivity contribution >= 4 is 5.97 Å². The average molecular weight is 206 g/mol. The van der Waals surface area contributed by atoms with Crippen molar-refractivity contribution in [2.24, 2.45) is 0 Å². The summed E-state index contributed by atoms with van der Waals surface area (Å²) in [5, 5.41) is 19.0. The molecule has 0 aliphatic rings. The largest absolute Gasteiger partial charge is 0.466 e. The number of rotatable bonds is 5. The molecule has 0 fully saturated rings. The molecule has 6 heteroatoms. The molecule has 0 bridgehead atoms. The Morgan fingerprint density at radius 2 is 2.00 bits per heavy atom. The lowest BCUT2D eigenvalue weighted by Crippen LogP contribution is -2.50. The zero-order valence-corrected chi connectivity index (χ0v) is 8.31. The summed E-state index contributed by atoms with van der Waals surface area (Å²) in [5.41, 5.74) is -2.33. The van der Waals surface area contributed by atoms with E-state index in [2.05, 4.69) is 21.1 Å². The van der Waals surface area contributed by atoms with Gasteiger partial charge >= 0.3 is 5.97 Å². The van der Waals surface area contributed by atoms with Gasteiger partial charge in [-0.05, 0) is 6.92 Å². The zero-order valence-electron chi connectivity index (χ0n) is 8.31. The van der Waals surface area contributed by atoms with Crippen molar-refractivity contribution in [3.05, 3.63) is 12.3 Å². The van der Waals surface area contributed by atoms with Crippen LogP contribution >= 0.6 is 0 Å². The van der Waals surface area contributed by atoms with Crippen LogP contribution in [0.15, 0.2) is 12.3 Å². The fourth-order valence-electron chi connectivity index (χ4n) is 0.837. The second-order valence-corrected chi connectivity index (χ2v) is 2.61. The number of methoxy groups -OCH3 is 1. The number of hydrogen-bond donors (Lipinski definition) is 2. The van der Waals surface area contributed by atoms with Crippen LogP contribution in [-0.2, 0) is 19.3 Å². The van der Waals surface area contributed by atoms with Crippen LogP contribution < -0.4 is 0 Å². The highest BCUT2D eigenvalue weighted by atomic mass is 17.2. The highest BCUT2D eigenvalue weighted by Crippen LogP contribution is 2.22. The summed E-state index contributed by atoms with van der Waals surface area (Å²) in [6, 6.07) is 0. The number of esters is 1. The van der Waals surface area contributed by atoms with E-state index in [9.17, 15) is 15.0 Å². The van der Waals surface area contributed by atoms with E-state index in [4.69, 9.17) is 0 Å². The van der Waals surface area contributed by atoms with E-state index in [0.717, 1.165) is 7.11 Å². The molecule has 2 N–H and O–H groups in total. The van der Waals surface area contributed by atoms with Gasteiger partial charge in [-0.3, -0.25) is 0 Å². The molecule has 0 aromatic carbocycles. The quantitative estimate of drug-likeness (QED) is 0.269. The Hall–Kier alpha value is -1.11. The molecule has 2 unspecified atom stereocenters. The normalized spacial score (nSPS) is 16.6. The lowest BCUT2D eigenvalue weighted by molar-refractivity contribution is -0.264. The van der Waals surface area contributed by atoms with Crippen LogP contribution in [0.2, 0.25) is 0 Å². The van der Waals surface area contributed by atoms with Gasteiger partial charge in [-0.1, -0.05) is 6.58 Å². The number of carbonyl (C=O) groups is 1. The molecule has 0 aromatic heterocycles. The number of aliphatic hydroxyl groups excluding tert-OH is 1. The first-order valence-corrected chi connectivity index (χ1v) is 3.80. The van der Waals surface area contributed by atoms with Gasteiger partial charge in [-0.25, -0.2) is 4.79 Å². The first-order valence-electron chi connectivity index (χ1n) is 3.80. The van der Waals surface area contributed by atoms with E-state index in [0.29, 0.717) is 0 Å². The van der Waals surface area contributed by atoms with Gasteiger partial charge in [-0.15, -0.1) is 0 Å². The second kappa shape index (κ2) is 4.94. The summed E-state index contributed by atoms with van der Waals surface area (Å²) in [7, 11) is 2.24. The molecule has 0 radical (unpaired) electrons. The predicted octanol–water partition coefficient (Wildman–Crippen LogP) is -0.637. The molecule has 14 heavy (non-hydrogen) atoms. The molecule has 0 aliphatic carbocycles. The molecule has 0 aliphatic heterocycles. The lowest BCUT2D eigenvalue weighted by Gasteiger charge is -2.27. The zero-order chi connectivity index (χ0) is 11.4. The van der Waals surface area contributed by atoms with Crippen molar-refractivity contribution in [2.45, 2.75) is 18.6 Å². The standard InChI is InChI=1S/C8H14O6/c1-5(9)8(11,7(10)12-3)6(2)14-13-4/h5,9,11H,2H2,1,3-4H3. The molecular weight excluding hydrogens is 192 g/mol. The summed E-state index contributed by atoms with van der Waals surface area (Å²) in [6.45, 7) is 4.44. The number of ether oxygens (including phenoxy) is 1. The van der Waals surface area contributed by atoms with Crippen LogP contribution in [0.25, 0.3) is 0 Å². The van der Waals surface area contributed by atoms with Gasteiger partial charge in [0.2, 0.25) is 5.60 Å². The van der Waals surface area contributed by atoms with Crippen LogP contribution in [0.3, 0.4) is 0 Å². The fraction of sp³-hybridized carbons (Fsp3) is 0.625. The third-order valence-electron chi connectivity index (χ3n) is 1.71. The Morgan fingerprint density at radius 1 is 1.50 bits per heavy atom. The summed E-state index contributed by atoms with van der Waals surface area (Å²) in [4.78, 5) is 19.8. The van der Waals surface area contributed by atoms with E-state index in [1.807, 2.05) is 0 Å². The highest BCUT2D eigenvalue weighted by Gasteiger charge is 2.47. The van der Waals surface area contributed by atoms with Crippen LogP contribution in [0.1, 0.15) is 6.92 Å². The number of hydrogen-bond acceptors (Lipinski definition) is 6. The average Bonchev–Trinajstić information content (AvgIpc) is 2.15. The van der Waals surface area contributed by atoms with Gasteiger partial charge in [0.25, 0.3) is 0 Å². The van der Waals surface area contributed by atoms with Gasteiger partial charge in [0.05, 0.1) is 20.3 Å². The molecule has 0 amide bonds. The van der Waals surface area contributed by atoms with Gasteiger partial charge < -0.3 is 19.8 Å². The Labute approximate surface area is 81.6 Å². The van der Waals surface area contributed by atoms with Gasteiger partial charge in [-0.2, -0.15) is 4.89 Å². The molecule has 6 nitrogen and oxygen atoms in total. The number of aliphatic hydroxyl groups is 2. The summed E-state index contributed by atoms with van der Waals surface area (Å²) < 4.78 is 4.30. The topological polar surface area (TPSA) is 85.2 Å². The van der Waals surface area contributed by atoms with Crippen molar-refractivity contribution < 1.29 is 29.5 Å². The van der Waals surface area contributed by atoms with Crippen LogP contribution in [0, 0.1) is 0 Å². The first-order chi connectivity index (χ1) is 6.41. The Morgan fingerprint density at radius 3 is 2.29 bits per heavy atom. The summed E-state index contributed by atoms with van der Waals surface area (Å²) in [5.74, 6) is -1.52. The fourth-order valence-corrected chi connectivity index (χ4v) is 0.837. The highest BCUT2D eigenvalue weighted by molar-refractivity contribution is 5.83. The van der Waals surface area contributed by atoms with Crippen LogP contribution in [-0.4, -0.2) is 42.1 Å². The van der Waals surface area contributed by atoms with Crippen LogP contribution in [0.5, 0.6) is 0 Å². The Balaban J connectivity index is 4.90. The third kappa shape index (κ3) is 2.22. The SMILES string of the molecule is C=C(OOC)C(O)(C(=O)OC)C(C)O. The maximum atomic E-state index is 11.2. The minimum absolute atomic E-state index is 0.443. The first kappa shape index (κ1) is 12.9. The minimum Gasteiger partial charge on any atom is -0.466 e. The van der Waals surface area contributed by atoms with Gasteiger partial charge in [0, 0.05) is 0 Å². The van der Waals surface area contributed by atoms with Crippen molar-refractivity contribution in [3.8, 4) is 0 Å². The second-order valence-electron chi connectivity index (χ2n) is 2.61. The number of carbonyl (C=O) groups excluding carboxylic acids is 1. The maximum absolute atomic E-state index is 11.2. The van der Waals surface area contributed by atoms with E-state index in [1.54, 1.807) is 0 Å². The lowest BCUT2D eigenvalue weighted by atomic mass is 9.96. The van der Waals surface area contributed by atoms with E-state index in [1.165, 1.54) is 14.0 Å². The van der Waals surface area contributed by atoms with Crippen molar-refractivity contribution in [1.29, 1.82) is 0 Å². The Bertz CT molecular complexity index is 224. The van der Waals surface area contributed by atoms with Crippen molar-refractivity contribution in [3.63, 3.8) is 0 Å². The van der Waals surface area contributed by atoms with Gasteiger partial charge in [0.15, 0.2) is 5.76 Å². The monoisotopic (exact) mass is 206 g/mol. The Kier molecular flexibility index (Phi) is 4.55. The minimum atomic E-state index is -2.33. The molecule has 0 heterocycles. The molecule has 0 saturated carbocycles. The van der Waals surface area contributed by atoms with Gasteiger partial charge in [0.1, 0.15) is 0 Å². The van der Waals surface area contributed by atoms with E-state index < -0.39 is 23.4 Å². The molecular formula is C8H14O6. The molecule has 0 rings (SSSR count). The maximum Gasteiger partial charge on any atom is 0.348 e. The van der Waals surface area contributed by atoms with Crippen molar-refractivity contribution in [2.75, 3.05) is 14.2 Å². The molecule has 2 atom stereocenters. The molecule has 82 valence electrons. The van der Waals surface area contributed by atoms with E-state index >= 15 is 0 Å². The predicted molar refractivity (Wildman–Crippen MR) is 45.9 cm³/mol. The summed E-state index contributed by atoms with van der Waals surface area (Å²) in [6.07, 6.45) is -1.43.